The second kappa shape index (κ2) is 11.2. The first-order chi connectivity index (χ1) is 25.8. The molecule has 11 aromatic rings. The summed E-state index contributed by atoms with van der Waals surface area (Å²) in [5, 5.41) is 8.46. The maximum Gasteiger partial charge on any atom is 0.160 e. The van der Waals surface area contributed by atoms with Gasteiger partial charge in [-0.25, -0.2) is 9.97 Å². The minimum atomic E-state index is 0.707. The van der Waals surface area contributed by atoms with Crippen LogP contribution >= 0.6 is 0 Å². The van der Waals surface area contributed by atoms with Crippen LogP contribution in [0.15, 0.2) is 182 Å². The van der Waals surface area contributed by atoms with Crippen molar-refractivity contribution in [2.75, 3.05) is 0 Å². The van der Waals surface area contributed by atoms with E-state index in [1.165, 1.54) is 43.4 Å². The Bertz CT molecular complexity index is 3170. The molecule has 0 atom stereocenters. The summed E-state index contributed by atoms with van der Waals surface area (Å²) in [7, 11) is 0. The third-order valence-corrected chi connectivity index (χ3v) is 10.5. The lowest BCUT2D eigenvalue weighted by Gasteiger charge is -2.13. The van der Waals surface area contributed by atoms with Gasteiger partial charge in [0, 0.05) is 54.8 Å². The average Bonchev–Trinajstić information content (AvgIpc) is 3.72. The Morgan fingerprint density at radius 1 is 0.346 bits per heavy atom. The molecule has 0 aliphatic rings. The van der Waals surface area contributed by atoms with Crippen LogP contribution in [0.2, 0.25) is 0 Å². The van der Waals surface area contributed by atoms with E-state index >= 15 is 0 Å². The molecule has 4 heteroatoms. The van der Waals surface area contributed by atoms with Crippen molar-refractivity contribution in [2.45, 2.75) is 0 Å². The van der Waals surface area contributed by atoms with Crippen LogP contribution in [0.4, 0.5) is 0 Å². The van der Waals surface area contributed by atoms with Crippen molar-refractivity contribution in [3.8, 4) is 34.0 Å². The molecule has 3 aromatic heterocycles. The summed E-state index contributed by atoms with van der Waals surface area (Å²) < 4.78 is 4.84. The van der Waals surface area contributed by atoms with E-state index in [9.17, 15) is 0 Å². The quantitative estimate of drug-likeness (QED) is 0.188. The van der Waals surface area contributed by atoms with Crippen molar-refractivity contribution in [1.29, 1.82) is 0 Å². The summed E-state index contributed by atoms with van der Waals surface area (Å²) >= 11 is 0. The fourth-order valence-electron chi connectivity index (χ4n) is 8.17. The highest BCUT2D eigenvalue weighted by Crippen LogP contribution is 2.42. The van der Waals surface area contributed by atoms with Gasteiger partial charge in [0.15, 0.2) is 5.82 Å². The first kappa shape index (κ1) is 28.8. The molecule has 0 spiro atoms. The van der Waals surface area contributed by atoms with Gasteiger partial charge in [-0.2, -0.15) is 0 Å². The van der Waals surface area contributed by atoms with Gasteiger partial charge in [0.05, 0.1) is 33.3 Å². The van der Waals surface area contributed by atoms with Crippen LogP contribution in [0.3, 0.4) is 0 Å². The van der Waals surface area contributed by atoms with E-state index < -0.39 is 0 Å². The van der Waals surface area contributed by atoms with E-state index in [0.29, 0.717) is 5.82 Å². The van der Waals surface area contributed by atoms with Gasteiger partial charge < -0.3 is 9.13 Å². The summed E-state index contributed by atoms with van der Waals surface area (Å²) in [5.41, 5.74) is 10.8. The molecule has 0 saturated carbocycles. The second-order valence-corrected chi connectivity index (χ2v) is 13.4. The van der Waals surface area contributed by atoms with Crippen LogP contribution in [0, 0.1) is 0 Å². The molecule has 0 aliphatic carbocycles. The molecule has 11 rings (SSSR count). The topological polar surface area (TPSA) is 35.6 Å². The summed E-state index contributed by atoms with van der Waals surface area (Å²) in [4.78, 5) is 10.3. The Morgan fingerprint density at radius 2 is 1.00 bits per heavy atom. The molecule has 0 unspecified atom stereocenters. The molecule has 0 aliphatic heterocycles. The zero-order chi connectivity index (χ0) is 34.2. The molecule has 242 valence electrons. The fraction of sp³-hybridized carbons (Fsp3) is 0. The molecule has 0 fully saturated rings. The van der Waals surface area contributed by atoms with Crippen LogP contribution in [0.1, 0.15) is 0 Å². The minimum absolute atomic E-state index is 0.707. The molecule has 52 heavy (non-hydrogen) atoms. The van der Waals surface area contributed by atoms with Gasteiger partial charge in [-0.15, -0.1) is 0 Å². The number of aromatic nitrogens is 4. The van der Waals surface area contributed by atoms with Gasteiger partial charge >= 0.3 is 0 Å². The van der Waals surface area contributed by atoms with Crippen molar-refractivity contribution < 1.29 is 0 Å². The lowest BCUT2D eigenvalue weighted by atomic mass is 10.0. The molecule has 3 heterocycles. The number of fused-ring (bicyclic) bond motifs is 9. The first-order valence-corrected chi connectivity index (χ1v) is 17.7. The molecular weight excluding hydrogens is 633 g/mol. The van der Waals surface area contributed by atoms with Crippen LogP contribution < -0.4 is 0 Å². The van der Waals surface area contributed by atoms with Gasteiger partial charge in [-0.1, -0.05) is 133 Å². The number of hydrogen-bond donors (Lipinski definition) is 0. The second-order valence-electron chi connectivity index (χ2n) is 13.4. The van der Waals surface area contributed by atoms with Crippen molar-refractivity contribution in [3.05, 3.63) is 182 Å². The van der Waals surface area contributed by atoms with E-state index in [4.69, 9.17) is 9.97 Å². The Balaban J connectivity index is 1.20. The first-order valence-electron chi connectivity index (χ1n) is 17.7. The molecule has 0 bridgehead atoms. The molecule has 0 N–H and O–H groups in total. The Kier molecular flexibility index (Phi) is 6.22. The minimum Gasteiger partial charge on any atom is -0.309 e. The average molecular weight is 663 g/mol. The SMILES string of the molecule is c1ccc(-c2nc(-c3cccc(-n4c5ccccc5c5cc6c7ccc8ccccc8c7n(-c7ccccc7)c6cc54)c3)nc3ccccc23)cc1. The largest absolute Gasteiger partial charge is 0.309 e. The number of nitrogens with zero attached hydrogens (tertiary/aromatic N) is 4. The number of rotatable bonds is 4. The monoisotopic (exact) mass is 662 g/mol. The smallest absolute Gasteiger partial charge is 0.160 e. The predicted octanol–water partition coefficient (Wildman–Crippen LogP) is 12.3. The maximum absolute atomic E-state index is 5.20. The number of hydrogen-bond acceptors (Lipinski definition) is 2. The van der Waals surface area contributed by atoms with Gasteiger partial charge in [-0.3, -0.25) is 0 Å². The van der Waals surface area contributed by atoms with Gasteiger partial charge in [0.2, 0.25) is 0 Å². The summed E-state index contributed by atoms with van der Waals surface area (Å²) in [6, 6.07) is 64.9. The molecule has 8 aromatic carbocycles. The normalized spacial score (nSPS) is 11.8. The summed E-state index contributed by atoms with van der Waals surface area (Å²) in [5.74, 6) is 0.707. The van der Waals surface area contributed by atoms with E-state index in [0.717, 1.165) is 50.1 Å². The Hall–Kier alpha value is -7.04. The molecule has 0 saturated heterocycles. The highest BCUT2D eigenvalue weighted by Gasteiger charge is 2.20. The molecular formula is C48H30N4. The molecule has 0 radical (unpaired) electrons. The van der Waals surface area contributed by atoms with E-state index in [2.05, 4.69) is 179 Å². The van der Waals surface area contributed by atoms with Crippen LogP contribution in [-0.4, -0.2) is 19.1 Å². The zero-order valence-electron chi connectivity index (χ0n) is 28.1. The van der Waals surface area contributed by atoms with E-state index in [1.54, 1.807) is 0 Å². The fourth-order valence-corrected chi connectivity index (χ4v) is 8.17. The number of benzene rings is 8. The van der Waals surface area contributed by atoms with Crippen molar-refractivity contribution in [3.63, 3.8) is 0 Å². The zero-order valence-corrected chi connectivity index (χ0v) is 28.1. The highest BCUT2D eigenvalue weighted by atomic mass is 15.0. The lowest BCUT2D eigenvalue weighted by molar-refractivity contribution is 1.16. The van der Waals surface area contributed by atoms with Gasteiger partial charge in [-0.05, 0) is 53.9 Å². The van der Waals surface area contributed by atoms with Crippen LogP contribution in [0.25, 0.3) is 99.3 Å². The summed E-state index contributed by atoms with van der Waals surface area (Å²) in [6.07, 6.45) is 0. The Labute approximate surface area is 299 Å². The highest BCUT2D eigenvalue weighted by molar-refractivity contribution is 6.23. The summed E-state index contributed by atoms with van der Waals surface area (Å²) in [6.45, 7) is 0. The van der Waals surface area contributed by atoms with Crippen LogP contribution in [0.5, 0.6) is 0 Å². The standard InChI is InChI=1S/C48H30N4/c1-3-15-32(16-4-1)46-39-23-9-11-24-42(39)49-48(50-46)33-17-13-20-35(28-33)51-43-25-12-10-22-37(43)40-29-41-38-27-26-31-14-7-8-21-36(31)47(38)52(45(41)30-44(40)51)34-18-5-2-6-19-34/h1-30H. The third kappa shape index (κ3) is 4.28. The van der Waals surface area contributed by atoms with Crippen molar-refractivity contribution >= 4 is 65.3 Å². The van der Waals surface area contributed by atoms with E-state index in [1.807, 2.05) is 12.1 Å². The van der Waals surface area contributed by atoms with Gasteiger partial charge in [0.1, 0.15) is 0 Å². The lowest BCUT2D eigenvalue weighted by Crippen LogP contribution is -1.98. The maximum atomic E-state index is 5.20. The van der Waals surface area contributed by atoms with E-state index in [-0.39, 0.29) is 0 Å². The van der Waals surface area contributed by atoms with Crippen LogP contribution in [-0.2, 0) is 0 Å². The van der Waals surface area contributed by atoms with Crippen molar-refractivity contribution in [1.82, 2.24) is 19.1 Å². The third-order valence-electron chi connectivity index (χ3n) is 10.5. The Morgan fingerprint density at radius 3 is 1.87 bits per heavy atom. The molecule has 4 nitrogen and oxygen atoms in total. The van der Waals surface area contributed by atoms with Gasteiger partial charge in [0.25, 0.3) is 0 Å². The molecule has 0 amide bonds. The number of para-hydroxylation sites is 3. The predicted molar refractivity (Wildman–Crippen MR) is 217 cm³/mol. The van der Waals surface area contributed by atoms with Crippen molar-refractivity contribution in [2.24, 2.45) is 0 Å².